The molecule has 1 N–H and O–H groups in total. The Morgan fingerprint density at radius 3 is 2.45 bits per heavy atom. The molecule has 0 saturated carbocycles. The van der Waals surface area contributed by atoms with Crippen molar-refractivity contribution in [3.8, 4) is 0 Å². The van der Waals surface area contributed by atoms with Crippen molar-refractivity contribution in [1.29, 1.82) is 0 Å². The first kappa shape index (κ1) is 21.2. The zero-order valence-electron chi connectivity index (χ0n) is 16.0. The molecule has 1 saturated heterocycles. The monoisotopic (exact) mass is 459 g/mol. The molecular formula is C23H16Cl2FNO4. The molecule has 4 rings (SSSR count). The van der Waals surface area contributed by atoms with E-state index in [1.807, 2.05) is 0 Å². The first-order valence-corrected chi connectivity index (χ1v) is 10.1. The fourth-order valence-corrected chi connectivity index (χ4v) is 3.85. The van der Waals surface area contributed by atoms with Gasteiger partial charge in [0, 0.05) is 12.1 Å². The highest BCUT2D eigenvalue weighted by Crippen LogP contribution is 2.40. The van der Waals surface area contributed by atoms with Gasteiger partial charge >= 0.3 is 0 Å². The molecule has 158 valence electrons. The number of furan rings is 1. The summed E-state index contributed by atoms with van der Waals surface area (Å²) in [6.45, 7) is 0.166. The van der Waals surface area contributed by atoms with Gasteiger partial charge in [-0.15, -0.1) is 0 Å². The maximum Gasteiger partial charge on any atom is 0.295 e. The minimum atomic E-state index is -0.912. The summed E-state index contributed by atoms with van der Waals surface area (Å²) in [7, 11) is 0. The number of aliphatic hydroxyl groups is 1. The number of carbonyl (C=O) groups excluding carboxylic acids is 2. The summed E-state index contributed by atoms with van der Waals surface area (Å²) in [6, 6.07) is 12.7. The molecule has 0 aliphatic carbocycles. The van der Waals surface area contributed by atoms with E-state index in [2.05, 4.69) is 0 Å². The quantitative estimate of drug-likeness (QED) is 0.315. The molecule has 1 atom stereocenters. The van der Waals surface area contributed by atoms with Crippen LogP contribution in [0.3, 0.4) is 0 Å². The maximum atomic E-state index is 13.2. The second kappa shape index (κ2) is 8.57. The summed E-state index contributed by atoms with van der Waals surface area (Å²) in [5.74, 6) is -1.99. The van der Waals surface area contributed by atoms with Crippen LogP contribution in [0.2, 0.25) is 10.0 Å². The van der Waals surface area contributed by atoms with Crippen LogP contribution in [0.15, 0.2) is 70.9 Å². The van der Waals surface area contributed by atoms with E-state index >= 15 is 0 Å². The summed E-state index contributed by atoms with van der Waals surface area (Å²) in [6.07, 6.45) is 1.81. The van der Waals surface area contributed by atoms with E-state index in [1.54, 1.807) is 24.3 Å². The molecule has 1 aliphatic rings. The van der Waals surface area contributed by atoms with Crippen molar-refractivity contribution >= 4 is 40.7 Å². The number of aliphatic hydroxyl groups excluding tert-OH is 1. The van der Waals surface area contributed by atoms with Gasteiger partial charge < -0.3 is 14.4 Å². The molecule has 1 fully saturated rings. The third-order valence-corrected chi connectivity index (χ3v) is 5.84. The molecule has 0 spiro atoms. The number of Topliss-reactive ketones (excluding diaryl/α,β-unsaturated/α-hetero) is 1. The predicted octanol–water partition coefficient (Wildman–Crippen LogP) is 5.39. The van der Waals surface area contributed by atoms with E-state index in [9.17, 15) is 19.1 Å². The Morgan fingerprint density at radius 2 is 1.81 bits per heavy atom. The summed E-state index contributed by atoms with van der Waals surface area (Å²) in [5, 5.41) is 11.4. The summed E-state index contributed by atoms with van der Waals surface area (Å²) >= 11 is 12.0. The molecule has 2 aromatic carbocycles. The van der Waals surface area contributed by atoms with Gasteiger partial charge in [0.15, 0.2) is 0 Å². The van der Waals surface area contributed by atoms with E-state index in [0.29, 0.717) is 17.2 Å². The first-order chi connectivity index (χ1) is 14.9. The second-order valence-electron chi connectivity index (χ2n) is 7.01. The van der Waals surface area contributed by atoms with Gasteiger partial charge in [0.2, 0.25) is 0 Å². The Balaban J connectivity index is 1.74. The van der Waals surface area contributed by atoms with Gasteiger partial charge in [0.1, 0.15) is 23.4 Å². The number of carbonyl (C=O) groups is 2. The highest BCUT2D eigenvalue weighted by molar-refractivity contribution is 6.46. The van der Waals surface area contributed by atoms with Crippen molar-refractivity contribution < 1.29 is 23.5 Å². The van der Waals surface area contributed by atoms with Crippen LogP contribution >= 0.6 is 23.2 Å². The number of hydrogen-bond donors (Lipinski definition) is 1. The lowest BCUT2D eigenvalue weighted by atomic mass is 9.99. The van der Waals surface area contributed by atoms with E-state index in [0.717, 1.165) is 5.56 Å². The van der Waals surface area contributed by atoms with Crippen LogP contribution in [0.4, 0.5) is 4.39 Å². The Hall–Kier alpha value is -3.09. The van der Waals surface area contributed by atoms with Gasteiger partial charge in [-0.05, 0) is 54.4 Å². The average molecular weight is 460 g/mol. The smallest absolute Gasteiger partial charge is 0.295 e. The molecule has 8 heteroatoms. The number of ketones is 1. The number of likely N-dealkylation sites (tertiary alicyclic amines) is 1. The molecule has 5 nitrogen and oxygen atoms in total. The zero-order chi connectivity index (χ0) is 22.1. The van der Waals surface area contributed by atoms with Gasteiger partial charge in [0.05, 0.1) is 21.9 Å². The summed E-state index contributed by atoms with van der Waals surface area (Å²) in [4.78, 5) is 27.1. The number of hydrogen-bond acceptors (Lipinski definition) is 4. The topological polar surface area (TPSA) is 70.8 Å². The molecule has 1 amide bonds. The Labute approximate surface area is 187 Å². The van der Waals surface area contributed by atoms with Gasteiger partial charge in [-0.2, -0.15) is 0 Å². The fraction of sp³-hybridized carbons (Fsp3) is 0.130. The molecule has 3 aromatic rings. The van der Waals surface area contributed by atoms with Crippen LogP contribution in [0, 0.1) is 5.82 Å². The van der Waals surface area contributed by atoms with Crippen molar-refractivity contribution in [2.24, 2.45) is 0 Å². The van der Waals surface area contributed by atoms with Crippen molar-refractivity contribution in [2.75, 3.05) is 6.54 Å². The minimum Gasteiger partial charge on any atom is -0.507 e. The number of halogens is 3. The molecular weight excluding hydrogens is 444 g/mol. The third-order valence-electron chi connectivity index (χ3n) is 5.10. The van der Waals surface area contributed by atoms with E-state index in [-0.39, 0.29) is 34.3 Å². The summed E-state index contributed by atoms with van der Waals surface area (Å²) in [5.41, 5.74) is 0.950. The first-order valence-electron chi connectivity index (χ1n) is 9.38. The molecule has 1 aliphatic heterocycles. The van der Waals surface area contributed by atoms with Crippen molar-refractivity contribution in [2.45, 2.75) is 12.5 Å². The predicted molar refractivity (Wildman–Crippen MR) is 114 cm³/mol. The maximum absolute atomic E-state index is 13.2. The molecule has 31 heavy (non-hydrogen) atoms. The van der Waals surface area contributed by atoms with Crippen LogP contribution in [0.5, 0.6) is 0 Å². The van der Waals surface area contributed by atoms with Gasteiger partial charge in [-0.3, -0.25) is 9.59 Å². The van der Waals surface area contributed by atoms with Crippen LogP contribution in [0.25, 0.3) is 5.76 Å². The SMILES string of the molecule is O=C1C(=O)N(CCc2ccc(F)cc2)C(c2ccco2)/C1=C(/O)c1ccc(Cl)c(Cl)c1. The third kappa shape index (κ3) is 4.09. The standard InChI is InChI=1S/C23H16Cl2FNO4/c24-16-8-5-14(12-17(16)25)21(28)19-20(18-2-1-11-31-18)27(23(30)22(19)29)10-9-13-3-6-15(26)7-4-13/h1-8,11-12,20,28H,9-10H2/b21-19-. The number of nitrogens with zero attached hydrogens (tertiary/aromatic N) is 1. The van der Waals surface area contributed by atoms with Gasteiger partial charge in [-0.1, -0.05) is 35.3 Å². The molecule has 1 unspecified atom stereocenters. The van der Waals surface area contributed by atoms with E-state index in [1.165, 1.54) is 41.5 Å². The molecule has 2 heterocycles. The second-order valence-corrected chi connectivity index (χ2v) is 7.83. The van der Waals surface area contributed by atoms with Crippen molar-refractivity contribution in [1.82, 2.24) is 4.90 Å². The van der Waals surface area contributed by atoms with E-state index in [4.69, 9.17) is 27.6 Å². The van der Waals surface area contributed by atoms with Crippen molar-refractivity contribution in [3.63, 3.8) is 0 Å². The Kier molecular flexibility index (Phi) is 5.85. The normalized spacial score (nSPS) is 18.0. The Morgan fingerprint density at radius 1 is 1.06 bits per heavy atom. The number of amides is 1. The molecule has 0 radical (unpaired) electrons. The van der Waals surface area contributed by atoms with Crippen LogP contribution in [-0.2, 0) is 16.0 Å². The lowest BCUT2D eigenvalue weighted by Crippen LogP contribution is -2.31. The largest absolute Gasteiger partial charge is 0.507 e. The fourth-order valence-electron chi connectivity index (χ4n) is 3.55. The lowest BCUT2D eigenvalue weighted by molar-refractivity contribution is -0.140. The Bertz CT molecular complexity index is 1170. The van der Waals surface area contributed by atoms with Crippen molar-refractivity contribution in [3.05, 3.63) is 99.2 Å². The lowest BCUT2D eigenvalue weighted by Gasteiger charge is -2.23. The van der Waals surface area contributed by atoms with E-state index < -0.39 is 17.7 Å². The van der Waals surface area contributed by atoms with Gasteiger partial charge in [0.25, 0.3) is 11.7 Å². The highest BCUT2D eigenvalue weighted by atomic mass is 35.5. The minimum absolute atomic E-state index is 0.0996. The highest BCUT2D eigenvalue weighted by Gasteiger charge is 2.47. The zero-order valence-corrected chi connectivity index (χ0v) is 17.5. The van der Waals surface area contributed by atoms with Crippen LogP contribution in [-0.4, -0.2) is 28.2 Å². The number of rotatable bonds is 5. The molecule has 1 aromatic heterocycles. The average Bonchev–Trinajstić information content (AvgIpc) is 3.37. The van der Waals surface area contributed by atoms with Crippen LogP contribution < -0.4 is 0 Å². The number of benzene rings is 2. The summed E-state index contributed by atoms with van der Waals surface area (Å²) < 4.78 is 18.7. The van der Waals surface area contributed by atoms with Crippen LogP contribution in [0.1, 0.15) is 22.9 Å². The molecule has 0 bridgehead atoms. The van der Waals surface area contributed by atoms with Gasteiger partial charge in [-0.25, -0.2) is 4.39 Å².